The van der Waals surface area contributed by atoms with Crippen LogP contribution in [0.3, 0.4) is 0 Å². The van der Waals surface area contributed by atoms with Crippen molar-refractivity contribution in [3.63, 3.8) is 0 Å². The molecule has 0 bridgehead atoms. The number of carbonyl (C=O) groups is 2. The Labute approximate surface area is 171 Å². The highest BCUT2D eigenvalue weighted by Crippen LogP contribution is 2.37. The van der Waals surface area contributed by atoms with Crippen molar-refractivity contribution in [2.75, 3.05) is 11.2 Å². The third-order valence-corrected chi connectivity index (χ3v) is 5.51. The van der Waals surface area contributed by atoms with Gasteiger partial charge in [-0.3, -0.25) is 4.90 Å². The molecule has 1 atom stereocenters. The smallest absolute Gasteiger partial charge is 0.335 e. The molecule has 0 radical (unpaired) electrons. The summed E-state index contributed by atoms with van der Waals surface area (Å²) in [5.41, 5.74) is 2.08. The lowest BCUT2D eigenvalue weighted by Gasteiger charge is -2.35. The Bertz CT molecular complexity index is 1060. The number of anilines is 1. The molecule has 2 N–H and O–H groups in total. The van der Waals surface area contributed by atoms with Crippen molar-refractivity contribution in [3.05, 3.63) is 70.4 Å². The van der Waals surface area contributed by atoms with Crippen LogP contribution in [-0.2, 0) is 11.5 Å². The van der Waals surface area contributed by atoms with Crippen molar-refractivity contribution < 1.29 is 19.1 Å². The zero-order valence-corrected chi connectivity index (χ0v) is 16.6. The molecule has 0 aromatic heterocycles. The fourth-order valence-electron chi connectivity index (χ4n) is 3.36. The number of nitrogens with zero attached hydrogens (tertiary/aromatic N) is 2. The number of halogens is 1. The maximum absolute atomic E-state index is 13.0. The summed E-state index contributed by atoms with van der Waals surface area (Å²) in [5, 5.41) is 21.8. The molecule has 2 aromatic carbocycles. The van der Waals surface area contributed by atoms with E-state index in [1.54, 1.807) is 43.3 Å². The first-order valence-electron chi connectivity index (χ1n) is 8.68. The predicted molar refractivity (Wildman–Crippen MR) is 108 cm³/mol. The zero-order valence-electron chi connectivity index (χ0n) is 15.8. The number of aliphatic carboxylic acids is 1. The molecule has 1 aliphatic heterocycles. The Morgan fingerprint density at radius 2 is 2.10 bits per heavy atom. The van der Waals surface area contributed by atoms with Crippen molar-refractivity contribution in [1.82, 2.24) is 5.32 Å². The second kappa shape index (κ2) is 8.37. The quantitative estimate of drug-likeness (QED) is 0.712. The second-order valence-electron chi connectivity index (χ2n) is 6.39. The second-order valence-corrected chi connectivity index (χ2v) is 7.24. The summed E-state index contributed by atoms with van der Waals surface area (Å²) in [5.74, 6) is -1.17. The molecule has 29 heavy (non-hydrogen) atoms. The Balaban J connectivity index is 2.15. The first-order chi connectivity index (χ1) is 13.9. The van der Waals surface area contributed by atoms with Crippen molar-refractivity contribution in [2.45, 2.75) is 24.5 Å². The molecule has 1 aliphatic rings. The van der Waals surface area contributed by atoms with Gasteiger partial charge in [0.2, 0.25) is 0 Å². The largest absolute Gasteiger partial charge is 0.478 e. The molecule has 0 fully saturated rings. The highest BCUT2D eigenvalue weighted by molar-refractivity contribution is 7.98. The number of thioether (sulfide) groups is 1. The van der Waals surface area contributed by atoms with Gasteiger partial charge in [-0.15, -0.1) is 11.8 Å². The van der Waals surface area contributed by atoms with Crippen LogP contribution in [0.1, 0.15) is 29.7 Å². The third kappa shape index (κ3) is 3.82. The van der Waals surface area contributed by atoms with Crippen LogP contribution in [0.4, 0.5) is 14.9 Å². The number of carboxylic acids is 1. The Hall–Kier alpha value is -3.31. The molecular weight excluding hydrogens is 393 g/mol. The van der Waals surface area contributed by atoms with E-state index in [1.165, 1.54) is 22.7 Å². The number of urea groups is 1. The fourth-order valence-corrected chi connectivity index (χ4v) is 4.03. The molecule has 2 amide bonds. The van der Waals surface area contributed by atoms with Crippen molar-refractivity contribution in [1.29, 1.82) is 5.26 Å². The van der Waals surface area contributed by atoms with Crippen LogP contribution in [0, 0.1) is 11.3 Å². The standard InChI is InChI=1S/C21H18FN3O3S/c1-12-18(20(26)27)19(16-7-6-14(11-23)9-17(16)29-2)24-21(28)25(12)15-5-3-4-13(8-15)10-22/h3-9,19H,10H2,1-2H3,(H,24,28)(H,26,27). The maximum Gasteiger partial charge on any atom is 0.335 e. The summed E-state index contributed by atoms with van der Waals surface area (Å²) in [7, 11) is 0. The van der Waals surface area contributed by atoms with E-state index in [0.29, 0.717) is 27.3 Å². The van der Waals surface area contributed by atoms with Crippen molar-refractivity contribution in [2.24, 2.45) is 0 Å². The van der Waals surface area contributed by atoms with Gasteiger partial charge in [0.25, 0.3) is 0 Å². The molecule has 1 unspecified atom stereocenters. The number of hydrogen-bond donors (Lipinski definition) is 2. The summed E-state index contributed by atoms with van der Waals surface area (Å²) >= 11 is 1.36. The monoisotopic (exact) mass is 411 g/mol. The van der Waals surface area contributed by atoms with Gasteiger partial charge in [-0.2, -0.15) is 5.26 Å². The van der Waals surface area contributed by atoms with Gasteiger partial charge in [0.05, 0.1) is 28.9 Å². The summed E-state index contributed by atoms with van der Waals surface area (Å²) in [6.07, 6.45) is 1.82. The number of carbonyl (C=O) groups excluding carboxylic acids is 1. The molecule has 0 saturated heterocycles. The summed E-state index contributed by atoms with van der Waals surface area (Å²) < 4.78 is 13.0. The molecule has 148 valence electrons. The molecule has 1 heterocycles. The Kier molecular flexibility index (Phi) is 5.89. The summed E-state index contributed by atoms with van der Waals surface area (Å²) in [6, 6.07) is 11.9. The minimum atomic E-state index is -1.17. The third-order valence-electron chi connectivity index (χ3n) is 4.71. The van der Waals surface area contributed by atoms with E-state index >= 15 is 0 Å². The van der Waals surface area contributed by atoms with Crippen LogP contribution in [0.25, 0.3) is 0 Å². The number of nitrogens with one attached hydrogen (secondary N) is 1. The minimum absolute atomic E-state index is 0.00950. The number of carboxylic acid groups (broad SMARTS) is 1. The summed E-state index contributed by atoms with van der Waals surface area (Å²) in [4.78, 5) is 27.0. The molecule has 0 saturated carbocycles. The fraction of sp³-hybridized carbons (Fsp3) is 0.190. The van der Waals surface area contributed by atoms with Crippen LogP contribution >= 0.6 is 11.8 Å². The number of hydrogen-bond acceptors (Lipinski definition) is 4. The van der Waals surface area contributed by atoms with Crippen LogP contribution in [0.15, 0.2) is 58.6 Å². The van der Waals surface area contributed by atoms with E-state index in [4.69, 9.17) is 5.26 Å². The number of benzene rings is 2. The van der Waals surface area contributed by atoms with Crippen LogP contribution in [0.2, 0.25) is 0 Å². The number of alkyl halides is 1. The van der Waals surface area contributed by atoms with Gasteiger partial charge in [0, 0.05) is 10.6 Å². The number of nitriles is 1. The van der Waals surface area contributed by atoms with E-state index < -0.39 is 24.7 Å². The van der Waals surface area contributed by atoms with Gasteiger partial charge in [0.15, 0.2) is 0 Å². The molecular formula is C21H18FN3O3S. The first kappa shape index (κ1) is 20.4. The zero-order chi connectivity index (χ0) is 21.1. The molecule has 8 heteroatoms. The van der Waals surface area contributed by atoms with Crippen molar-refractivity contribution in [3.8, 4) is 6.07 Å². The van der Waals surface area contributed by atoms with Gasteiger partial charge in [-0.1, -0.05) is 18.2 Å². The van der Waals surface area contributed by atoms with Crippen LogP contribution in [0.5, 0.6) is 0 Å². The highest BCUT2D eigenvalue weighted by atomic mass is 32.2. The van der Waals surface area contributed by atoms with Gasteiger partial charge < -0.3 is 10.4 Å². The number of amides is 2. The Morgan fingerprint density at radius 1 is 1.34 bits per heavy atom. The maximum atomic E-state index is 13.0. The highest BCUT2D eigenvalue weighted by Gasteiger charge is 2.37. The van der Waals surface area contributed by atoms with Gasteiger partial charge >= 0.3 is 12.0 Å². The van der Waals surface area contributed by atoms with E-state index in [0.717, 1.165) is 0 Å². The van der Waals surface area contributed by atoms with E-state index in [2.05, 4.69) is 11.4 Å². The van der Waals surface area contributed by atoms with E-state index in [9.17, 15) is 19.1 Å². The topological polar surface area (TPSA) is 93.4 Å². The Morgan fingerprint density at radius 3 is 2.72 bits per heavy atom. The van der Waals surface area contributed by atoms with Crippen LogP contribution < -0.4 is 10.2 Å². The number of rotatable bonds is 5. The lowest BCUT2D eigenvalue weighted by atomic mass is 9.94. The summed E-state index contributed by atoms with van der Waals surface area (Å²) in [6.45, 7) is 0.864. The van der Waals surface area contributed by atoms with E-state index in [-0.39, 0.29) is 11.3 Å². The first-order valence-corrected chi connectivity index (χ1v) is 9.91. The average molecular weight is 411 g/mol. The van der Waals surface area contributed by atoms with Gasteiger partial charge in [-0.25, -0.2) is 14.0 Å². The van der Waals surface area contributed by atoms with Gasteiger partial charge in [0.1, 0.15) is 6.67 Å². The minimum Gasteiger partial charge on any atom is -0.478 e. The molecule has 0 aliphatic carbocycles. The molecule has 0 spiro atoms. The lowest BCUT2D eigenvalue weighted by molar-refractivity contribution is -0.133. The predicted octanol–water partition coefficient (Wildman–Crippen LogP) is 4.38. The SMILES string of the molecule is CSc1cc(C#N)ccc1C1NC(=O)N(c2cccc(CF)c2)C(C)=C1C(=O)O. The van der Waals surface area contributed by atoms with E-state index in [1.807, 2.05) is 6.26 Å². The number of allylic oxidation sites excluding steroid dienone is 1. The molecule has 6 nitrogen and oxygen atoms in total. The van der Waals surface area contributed by atoms with Gasteiger partial charge in [-0.05, 0) is 48.6 Å². The van der Waals surface area contributed by atoms with Crippen LogP contribution in [-0.4, -0.2) is 23.4 Å². The molecule has 3 rings (SSSR count). The molecule has 2 aromatic rings. The lowest BCUT2D eigenvalue weighted by Crippen LogP contribution is -2.48. The normalized spacial score (nSPS) is 16.4. The van der Waals surface area contributed by atoms with Crippen molar-refractivity contribution >= 4 is 29.4 Å². The average Bonchev–Trinajstić information content (AvgIpc) is 2.72.